The predicted octanol–water partition coefficient (Wildman–Crippen LogP) is 3.33. The van der Waals surface area contributed by atoms with Crippen molar-refractivity contribution < 1.29 is 32.2 Å². The van der Waals surface area contributed by atoms with Crippen molar-refractivity contribution in [2.45, 2.75) is 24.2 Å². The van der Waals surface area contributed by atoms with Crippen LogP contribution in [0, 0.1) is 0 Å². The molecule has 8 nitrogen and oxygen atoms in total. The van der Waals surface area contributed by atoms with E-state index in [1.165, 1.54) is 28.6 Å². The zero-order valence-electron chi connectivity index (χ0n) is 17.2. The number of nitrogens with zero attached hydrogens (tertiary/aromatic N) is 1. The van der Waals surface area contributed by atoms with Gasteiger partial charge in [-0.2, -0.15) is 4.31 Å². The lowest BCUT2D eigenvalue weighted by atomic mass is 10.1. The minimum absolute atomic E-state index is 0.0334. The van der Waals surface area contributed by atoms with Crippen molar-refractivity contribution >= 4 is 33.4 Å². The zero-order chi connectivity index (χ0) is 22.7. The number of halogens is 1. The number of sulfonamides is 1. The van der Waals surface area contributed by atoms with Crippen molar-refractivity contribution in [3.8, 4) is 11.5 Å². The molecular formula is C22H22ClNO7S. The zero-order valence-corrected chi connectivity index (χ0v) is 18.8. The Morgan fingerprint density at radius 1 is 0.969 bits per heavy atom. The van der Waals surface area contributed by atoms with E-state index < -0.39 is 28.4 Å². The van der Waals surface area contributed by atoms with Crippen LogP contribution in [0.15, 0.2) is 41.3 Å². The molecule has 0 bridgehead atoms. The Kier molecular flexibility index (Phi) is 6.68. The van der Waals surface area contributed by atoms with Crippen molar-refractivity contribution in [2.75, 3.05) is 32.9 Å². The molecule has 0 spiro atoms. The van der Waals surface area contributed by atoms with E-state index in [9.17, 15) is 18.0 Å². The molecule has 0 aliphatic carbocycles. The van der Waals surface area contributed by atoms with Crippen LogP contribution >= 0.6 is 11.6 Å². The highest BCUT2D eigenvalue weighted by molar-refractivity contribution is 7.89. The summed E-state index contributed by atoms with van der Waals surface area (Å²) in [7, 11) is -3.74. The Bertz CT molecular complexity index is 1140. The van der Waals surface area contributed by atoms with Crippen molar-refractivity contribution in [1.82, 2.24) is 4.31 Å². The van der Waals surface area contributed by atoms with Gasteiger partial charge in [-0.3, -0.25) is 4.79 Å². The van der Waals surface area contributed by atoms with Crippen LogP contribution in [0.3, 0.4) is 0 Å². The van der Waals surface area contributed by atoms with Gasteiger partial charge in [0, 0.05) is 18.7 Å². The number of carbonyl (C=O) groups excluding carboxylic acids is 2. The van der Waals surface area contributed by atoms with Crippen molar-refractivity contribution in [2.24, 2.45) is 0 Å². The summed E-state index contributed by atoms with van der Waals surface area (Å²) in [5, 5.41) is 0.0411. The number of ketones is 1. The molecule has 2 heterocycles. The van der Waals surface area contributed by atoms with Gasteiger partial charge in [0.15, 0.2) is 23.9 Å². The van der Waals surface area contributed by atoms with E-state index in [1.807, 2.05) is 0 Å². The highest BCUT2D eigenvalue weighted by Gasteiger charge is 2.28. The lowest BCUT2D eigenvalue weighted by Crippen LogP contribution is -2.35. The first-order valence-electron chi connectivity index (χ1n) is 10.3. The molecule has 2 aromatic carbocycles. The predicted molar refractivity (Wildman–Crippen MR) is 116 cm³/mol. The van der Waals surface area contributed by atoms with Crippen LogP contribution in [0.2, 0.25) is 5.02 Å². The second kappa shape index (κ2) is 9.48. The highest BCUT2D eigenvalue weighted by Crippen LogP contribution is 2.31. The molecule has 1 saturated heterocycles. The lowest BCUT2D eigenvalue weighted by molar-refractivity contribution is 0.0474. The van der Waals surface area contributed by atoms with Crippen LogP contribution < -0.4 is 9.47 Å². The quantitative estimate of drug-likeness (QED) is 0.463. The molecule has 170 valence electrons. The second-order valence-electron chi connectivity index (χ2n) is 7.46. The van der Waals surface area contributed by atoms with Gasteiger partial charge in [-0.15, -0.1) is 0 Å². The smallest absolute Gasteiger partial charge is 0.340 e. The number of rotatable bonds is 6. The third-order valence-electron chi connectivity index (χ3n) is 5.31. The molecule has 1 fully saturated rings. The molecule has 0 amide bonds. The van der Waals surface area contributed by atoms with Gasteiger partial charge in [0.25, 0.3) is 0 Å². The van der Waals surface area contributed by atoms with Crippen LogP contribution in [0.1, 0.15) is 40.0 Å². The van der Waals surface area contributed by atoms with Gasteiger partial charge in [0.1, 0.15) is 13.2 Å². The fraction of sp³-hybridized carbons (Fsp3) is 0.364. The number of hydrogen-bond donors (Lipinski definition) is 0. The summed E-state index contributed by atoms with van der Waals surface area (Å²) in [6.07, 6.45) is 2.58. The first-order valence-corrected chi connectivity index (χ1v) is 12.1. The molecule has 0 saturated carbocycles. The molecular weight excluding hydrogens is 458 g/mol. The highest BCUT2D eigenvalue weighted by atomic mass is 35.5. The number of carbonyl (C=O) groups is 2. The number of Topliss-reactive ketones (excluding diaryl/α,β-unsaturated/α-hetero) is 1. The molecule has 32 heavy (non-hydrogen) atoms. The maximum Gasteiger partial charge on any atom is 0.340 e. The van der Waals surface area contributed by atoms with Gasteiger partial charge in [0.05, 0.1) is 15.5 Å². The monoisotopic (exact) mass is 479 g/mol. The van der Waals surface area contributed by atoms with Crippen molar-refractivity contribution in [3.63, 3.8) is 0 Å². The van der Waals surface area contributed by atoms with Crippen LogP contribution in [0.5, 0.6) is 11.5 Å². The van der Waals surface area contributed by atoms with Crippen LogP contribution in [-0.4, -0.2) is 57.4 Å². The number of ether oxygens (including phenoxy) is 3. The van der Waals surface area contributed by atoms with Crippen molar-refractivity contribution in [3.05, 3.63) is 52.5 Å². The molecule has 0 aromatic heterocycles. The number of fused-ring (bicyclic) bond motifs is 1. The summed E-state index contributed by atoms with van der Waals surface area (Å²) in [5.41, 5.74) is 0.189. The van der Waals surface area contributed by atoms with E-state index in [-0.39, 0.29) is 15.5 Å². The van der Waals surface area contributed by atoms with E-state index in [2.05, 4.69) is 0 Å². The molecule has 0 atom stereocenters. The topological polar surface area (TPSA) is 99.2 Å². The molecule has 0 unspecified atom stereocenters. The summed E-state index contributed by atoms with van der Waals surface area (Å²) in [6.45, 7) is 1.17. The number of piperidine rings is 1. The van der Waals surface area contributed by atoms with Crippen LogP contribution in [0.25, 0.3) is 0 Å². The summed E-state index contributed by atoms with van der Waals surface area (Å²) >= 11 is 6.11. The Morgan fingerprint density at radius 2 is 1.69 bits per heavy atom. The molecule has 2 aliphatic heterocycles. The third kappa shape index (κ3) is 4.74. The van der Waals surface area contributed by atoms with Gasteiger partial charge >= 0.3 is 5.97 Å². The van der Waals surface area contributed by atoms with E-state index in [4.69, 9.17) is 25.8 Å². The molecule has 4 rings (SSSR count). The van der Waals surface area contributed by atoms with Crippen LogP contribution in [0.4, 0.5) is 0 Å². The van der Waals surface area contributed by atoms with Gasteiger partial charge in [-0.05, 0) is 49.2 Å². The van der Waals surface area contributed by atoms with Crippen LogP contribution in [-0.2, 0) is 14.8 Å². The molecule has 2 aliphatic rings. The number of hydrogen-bond acceptors (Lipinski definition) is 7. The first-order chi connectivity index (χ1) is 15.4. The van der Waals surface area contributed by atoms with Gasteiger partial charge in [-0.1, -0.05) is 18.0 Å². The summed E-state index contributed by atoms with van der Waals surface area (Å²) in [5.74, 6) is -0.324. The number of benzene rings is 2. The average Bonchev–Trinajstić information content (AvgIpc) is 2.82. The third-order valence-corrected chi connectivity index (χ3v) is 7.53. The second-order valence-corrected chi connectivity index (χ2v) is 9.81. The minimum Gasteiger partial charge on any atom is -0.486 e. The summed E-state index contributed by atoms with van der Waals surface area (Å²) in [6, 6.07) is 8.62. The van der Waals surface area contributed by atoms with Gasteiger partial charge in [0.2, 0.25) is 10.0 Å². The lowest BCUT2D eigenvalue weighted by Gasteiger charge is -2.26. The largest absolute Gasteiger partial charge is 0.486 e. The first kappa shape index (κ1) is 22.6. The Hall–Kier alpha value is -2.62. The molecule has 10 heteroatoms. The normalized spacial score (nSPS) is 16.4. The standard InChI is InChI=1S/C22H22ClNO7S/c23-18-6-5-16(32(27,28)24-8-2-1-3-9-24)13-17(18)22(26)31-14-19(25)15-4-7-20-21(12-15)30-11-10-29-20/h4-7,12-13H,1-3,8-11,14H2. The molecule has 0 radical (unpaired) electrons. The Labute approximate surface area is 191 Å². The van der Waals surface area contributed by atoms with E-state index in [1.54, 1.807) is 12.1 Å². The Balaban J connectivity index is 1.46. The van der Waals surface area contributed by atoms with Gasteiger partial charge in [-0.25, -0.2) is 13.2 Å². The summed E-state index contributed by atoms with van der Waals surface area (Å²) in [4.78, 5) is 25.0. The molecule has 0 N–H and O–H groups in total. The average molecular weight is 480 g/mol. The summed E-state index contributed by atoms with van der Waals surface area (Å²) < 4.78 is 43.2. The minimum atomic E-state index is -3.74. The van der Waals surface area contributed by atoms with Gasteiger partial charge < -0.3 is 14.2 Å². The van der Waals surface area contributed by atoms with E-state index in [0.717, 1.165) is 19.3 Å². The number of esters is 1. The fourth-order valence-electron chi connectivity index (χ4n) is 3.58. The van der Waals surface area contributed by atoms with Crippen molar-refractivity contribution in [1.29, 1.82) is 0 Å². The molecule has 2 aromatic rings. The fourth-order valence-corrected chi connectivity index (χ4v) is 5.32. The van der Waals surface area contributed by atoms with E-state index in [0.29, 0.717) is 43.4 Å². The van der Waals surface area contributed by atoms with E-state index >= 15 is 0 Å². The maximum atomic E-state index is 12.9. The SMILES string of the molecule is O=C(COC(=O)c1cc(S(=O)(=O)N2CCCCC2)ccc1Cl)c1ccc2c(c1)OCCO2. The Morgan fingerprint density at radius 3 is 2.44 bits per heavy atom. The maximum absolute atomic E-state index is 12.9.